The van der Waals surface area contributed by atoms with Crippen LogP contribution in [0.25, 0.3) is 0 Å². The molecule has 0 bridgehead atoms. The predicted octanol–water partition coefficient (Wildman–Crippen LogP) is 2.60. The van der Waals surface area contributed by atoms with Crippen molar-refractivity contribution in [2.45, 2.75) is 6.54 Å². The zero-order valence-corrected chi connectivity index (χ0v) is 15.8. The summed E-state index contributed by atoms with van der Waals surface area (Å²) in [5.41, 5.74) is 1.96. The highest BCUT2D eigenvalue weighted by Crippen LogP contribution is 2.27. The van der Waals surface area contributed by atoms with Gasteiger partial charge >= 0.3 is 0 Å². The van der Waals surface area contributed by atoms with Crippen molar-refractivity contribution in [1.29, 1.82) is 0 Å². The molecule has 0 amide bonds. The number of hydrogen-bond donors (Lipinski definition) is 3. The molecule has 0 spiro atoms. The summed E-state index contributed by atoms with van der Waals surface area (Å²) in [7, 11) is 1.58. The number of hydrogen-bond acceptors (Lipinski definition) is 7. The number of methoxy groups -OCH3 is 1. The number of nitrogens with zero attached hydrogens (tertiary/aromatic N) is 1. The fraction of sp³-hybridized carbons (Fsp3) is 0.333. The van der Waals surface area contributed by atoms with Gasteiger partial charge in [0.05, 0.1) is 18.6 Å². The van der Waals surface area contributed by atoms with Crippen molar-refractivity contribution in [3.05, 3.63) is 58.1 Å². The molecule has 9 heteroatoms. The van der Waals surface area contributed by atoms with Crippen molar-refractivity contribution in [3.8, 4) is 11.5 Å². The lowest BCUT2D eigenvalue weighted by Crippen LogP contribution is -2.21. The van der Waals surface area contributed by atoms with Crippen LogP contribution in [-0.4, -0.2) is 43.4 Å². The minimum atomic E-state index is -0.417. The van der Waals surface area contributed by atoms with Crippen LogP contribution in [0.3, 0.4) is 0 Å². The first-order chi connectivity index (χ1) is 12.6. The van der Waals surface area contributed by atoms with Gasteiger partial charge in [0.2, 0.25) is 0 Å². The lowest BCUT2D eigenvalue weighted by atomic mass is 10.2. The van der Waals surface area contributed by atoms with E-state index in [9.17, 15) is 10.1 Å². The molecule has 0 heterocycles. The monoisotopic (exact) mass is 397 g/mol. The van der Waals surface area contributed by atoms with E-state index >= 15 is 0 Å². The molecule has 0 aliphatic rings. The number of non-ortho nitro benzene ring substituents is 1. The van der Waals surface area contributed by atoms with Crippen molar-refractivity contribution < 1.29 is 19.5 Å². The summed E-state index contributed by atoms with van der Waals surface area (Å²) >= 11 is 0. The third-order valence-corrected chi connectivity index (χ3v) is 3.62. The van der Waals surface area contributed by atoms with Crippen LogP contribution in [-0.2, 0) is 6.54 Å². The lowest BCUT2D eigenvalue weighted by molar-refractivity contribution is -0.384. The Bertz CT molecular complexity index is 713. The van der Waals surface area contributed by atoms with Gasteiger partial charge in [0.1, 0.15) is 6.61 Å². The predicted molar refractivity (Wildman–Crippen MR) is 106 cm³/mol. The number of nitro groups is 1. The minimum absolute atomic E-state index is 0. The number of nitrogens with one attached hydrogen (secondary N) is 2. The number of aliphatic hydroxyl groups excluding tert-OH is 1. The molecule has 0 saturated heterocycles. The van der Waals surface area contributed by atoms with Gasteiger partial charge in [0.15, 0.2) is 11.5 Å². The van der Waals surface area contributed by atoms with Gasteiger partial charge in [-0.2, -0.15) is 0 Å². The van der Waals surface area contributed by atoms with Crippen LogP contribution in [0.5, 0.6) is 11.5 Å². The number of rotatable bonds is 11. The molecule has 148 valence electrons. The van der Waals surface area contributed by atoms with Crippen LogP contribution in [0.15, 0.2) is 42.5 Å². The normalized spacial score (nSPS) is 10.0. The summed E-state index contributed by atoms with van der Waals surface area (Å²) in [4.78, 5) is 10.2. The molecular formula is C18H24ClN3O5. The SMILES string of the molecule is COc1cc(CNCCNc2ccc([N+](=O)[O-])cc2)ccc1OCCO.Cl. The molecule has 27 heavy (non-hydrogen) atoms. The van der Waals surface area contributed by atoms with E-state index in [-0.39, 0.29) is 31.3 Å². The molecule has 0 radical (unpaired) electrons. The van der Waals surface area contributed by atoms with E-state index in [0.717, 1.165) is 17.8 Å². The second-order valence-corrected chi connectivity index (χ2v) is 5.46. The molecule has 0 aliphatic carbocycles. The van der Waals surface area contributed by atoms with Gasteiger partial charge < -0.3 is 25.2 Å². The van der Waals surface area contributed by atoms with Crippen LogP contribution < -0.4 is 20.1 Å². The van der Waals surface area contributed by atoms with Gasteiger partial charge in [-0.15, -0.1) is 12.4 Å². The Kier molecular flexibility index (Phi) is 9.95. The van der Waals surface area contributed by atoms with Gasteiger partial charge in [-0.1, -0.05) is 6.07 Å². The Morgan fingerprint density at radius 2 is 1.85 bits per heavy atom. The molecule has 0 fully saturated rings. The Labute approximate surface area is 164 Å². The van der Waals surface area contributed by atoms with Gasteiger partial charge in [0, 0.05) is 37.5 Å². The highest BCUT2D eigenvalue weighted by atomic mass is 35.5. The number of benzene rings is 2. The largest absolute Gasteiger partial charge is 0.493 e. The second-order valence-electron chi connectivity index (χ2n) is 5.46. The third kappa shape index (κ3) is 7.30. The second kappa shape index (κ2) is 11.9. The summed E-state index contributed by atoms with van der Waals surface area (Å²) in [5.74, 6) is 1.23. The molecule has 8 nitrogen and oxygen atoms in total. The number of halogens is 1. The fourth-order valence-electron chi connectivity index (χ4n) is 2.33. The molecule has 0 saturated carbocycles. The van der Waals surface area contributed by atoms with E-state index < -0.39 is 4.92 Å². The highest BCUT2D eigenvalue weighted by molar-refractivity contribution is 5.85. The maximum Gasteiger partial charge on any atom is 0.269 e. The zero-order valence-electron chi connectivity index (χ0n) is 15.0. The molecule has 2 aromatic rings. The topological polar surface area (TPSA) is 106 Å². The van der Waals surface area contributed by atoms with E-state index in [2.05, 4.69) is 10.6 Å². The molecule has 3 N–H and O–H groups in total. The first kappa shape index (κ1) is 22.5. The third-order valence-electron chi connectivity index (χ3n) is 3.62. The average molecular weight is 398 g/mol. The van der Waals surface area contributed by atoms with E-state index in [1.807, 2.05) is 18.2 Å². The molecule has 0 atom stereocenters. The molecule has 0 aliphatic heterocycles. The van der Waals surface area contributed by atoms with E-state index in [1.165, 1.54) is 12.1 Å². The molecule has 2 rings (SSSR count). The molecule has 0 aromatic heterocycles. The maximum absolute atomic E-state index is 10.6. The maximum atomic E-state index is 10.6. The van der Waals surface area contributed by atoms with Crippen molar-refractivity contribution in [2.24, 2.45) is 0 Å². The van der Waals surface area contributed by atoms with E-state index in [0.29, 0.717) is 24.6 Å². The van der Waals surface area contributed by atoms with Crippen molar-refractivity contribution in [1.82, 2.24) is 5.32 Å². The van der Waals surface area contributed by atoms with Crippen LogP contribution in [0.4, 0.5) is 11.4 Å². The lowest BCUT2D eigenvalue weighted by Gasteiger charge is -2.12. The smallest absolute Gasteiger partial charge is 0.269 e. The average Bonchev–Trinajstić information content (AvgIpc) is 2.66. The highest BCUT2D eigenvalue weighted by Gasteiger charge is 2.06. The quantitative estimate of drug-likeness (QED) is 0.304. The molecule has 0 unspecified atom stereocenters. The Morgan fingerprint density at radius 3 is 2.48 bits per heavy atom. The van der Waals surface area contributed by atoms with Gasteiger partial charge in [-0.25, -0.2) is 0 Å². The van der Waals surface area contributed by atoms with Crippen LogP contribution in [0, 0.1) is 10.1 Å². The number of anilines is 1. The van der Waals surface area contributed by atoms with Crippen molar-refractivity contribution in [3.63, 3.8) is 0 Å². The van der Waals surface area contributed by atoms with Crippen LogP contribution in [0.2, 0.25) is 0 Å². The zero-order chi connectivity index (χ0) is 18.8. The first-order valence-electron chi connectivity index (χ1n) is 8.23. The molecule has 2 aromatic carbocycles. The number of aliphatic hydroxyl groups is 1. The number of nitro benzene ring substituents is 1. The van der Waals surface area contributed by atoms with E-state index in [1.54, 1.807) is 19.2 Å². The van der Waals surface area contributed by atoms with Gasteiger partial charge in [-0.3, -0.25) is 10.1 Å². The van der Waals surface area contributed by atoms with Crippen LogP contribution >= 0.6 is 12.4 Å². The van der Waals surface area contributed by atoms with Crippen molar-refractivity contribution >= 4 is 23.8 Å². The van der Waals surface area contributed by atoms with Gasteiger partial charge in [-0.05, 0) is 29.8 Å². The minimum Gasteiger partial charge on any atom is -0.493 e. The Balaban J connectivity index is 0.00000364. The summed E-state index contributed by atoms with van der Waals surface area (Å²) in [6, 6.07) is 12.0. The Morgan fingerprint density at radius 1 is 1.11 bits per heavy atom. The van der Waals surface area contributed by atoms with E-state index in [4.69, 9.17) is 14.6 Å². The Hall–Kier alpha value is -2.55. The number of ether oxygens (including phenoxy) is 2. The molecular weight excluding hydrogens is 374 g/mol. The fourth-order valence-corrected chi connectivity index (χ4v) is 2.33. The summed E-state index contributed by atoms with van der Waals surface area (Å²) in [6.45, 7) is 2.25. The first-order valence-corrected chi connectivity index (χ1v) is 8.23. The van der Waals surface area contributed by atoms with Crippen molar-refractivity contribution in [2.75, 3.05) is 38.7 Å². The summed E-state index contributed by atoms with van der Waals surface area (Å²) in [6.07, 6.45) is 0. The summed E-state index contributed by atoms with van der Waals surface area (Å²) in [5, 5.41) is 25.9. The standard InChI is InChI=1S/C18H23N3O5.ClH/c1-25-18-12-14(2-7-17(18)26-11-10-22)13-19-8-9-20-15-3-5-16(6-4-15)21(23)24;/h2-7,12,19-20,22H,8-11,13H2,1H3;1H. The van der Waals surface area contributed by atoms with Gasteiger partial charge in [0.25, 0.3) is 5.69 Å². The summed E-state index contributed by atoms with van der Waals surface area (Å²) < 4.78 is 10.7. The van der Waals surface area contributed by atoms with Crippen LogP contribution in [0.1, 0.15) is 5.56 Å².